The van der Waals surface area contributed by atoms with Crippen LogP contribution in [0.3, 0.4) is 0 Å². The molecule has 2 rings (SSSR count). The molecule has 0 spiro atoms. The van der Waals surface area contributed by atoms with E-state index < -0.39 is 0 Å². The third-order valence-electron chi connectivity index (χ3n) is 4.26. The highest BCUT2D eigenvalue weighted by molar-refractivity contribution is 8.01. The van der Waals surface area contributed by atoms with Crippen LogP contribution < -0.4 is 5.32 Å². The molecule has 104 valence electrons. The van der Waals surface area contributed by atoms with Gasteiger partial charge in [0.25, 0.3) is 0 Å². The van der Waals surface area contributed by atoms with Crippen LogP contribution in [-0.4, -0.2) is 34.2 Å². The zero-order valence-corrected chi connectivity index (χ0v) is 12.4. The summed E-state index contributed by atoms with van der Waals surface area (Å²) in [6.07, 6.45) is 3.65. The number of amides is 1. The van der Waals surface area contributed by atoms with Gasteiger partial charge >= 0.3 is 0 Å². The number of rotatable bonds is 4. The van der Waals surface area contributed by atoms with Crippen LogP contribution in [0, 0.1) is 17.8 Å². The van der Waals surface area contributed by atoms with Gasteiger partial charge in [-0.1, -0.05) is 20.8 Å². The molecule has 0 heterocycles. The van der Waals surface area contributed by atoms with Gasteiger partial charge < -0.3 is 10.4 Å². The summed E-state index contributed by atoms with van der Waals surface area (Å²) in [5, 5.41) is 12.6. The van der Waals surface area contributed by atoms with E-state index in [1.54, 1.807) is 11.8 Å². The van der Waals surface area contributed by atoms with E-state index in [-0.39, 0.29) is 23.3 Å². The first-order valence-corrected chi connectivity index (χ1v) is 7.93. The highest BCUT2D eigenvalue weighted by Crippen LogP contribution is 2.48. The van der Waals surface area contributed by atoms with E-state index in [1.165, 1.54) is 19.3 Å². The Kier molecular flexibility index (Phi) is 4.27. The first-order valence-electron chi connectivity index (χ1n) is 6.95. The number of aliphatic hydroxyl groups is 1. The third kappa shape index (κ3) is 3.21. The molecule has 0 saturated heterocycles. The Hall–Kier alpha value is -0.220. The standard InChI is InChI=1S/C14H25NO2S/c1-14(2,3)18-8-12(17)15-13-10-5-4-9(6-10)11(13)7-16/h9-11,13,16H,4-8H2,1-3H3,(H,15,17). The second-order valence-electron chi connectivity index (χ2n) is 6.67. The van der Waals surface area contributed by atoms with E-state index in [1.807, 2.05) is 0 Å². The maximum atomic E-state index is 12.0. The fourth-order valence-electron chi connectivity index (χ4n) is 3.41. The molecule has 0 aromatic rings. The molecule has 4 heteroatoms. The average molecular weight is 271 g/mol. The van der Waals surface area contributed by atoms with Crippen molar-refractivity contribution in [2.24, 2.45) is 17.8 Å². The molecule has 4 atom stereocenters. The Morgan fingerprint density at radius 1 is 1.33 bits per heavy atom. The van der Waals surface area contributed by atoms with Gasteiger partial charge in [-0.15, -0.1) is 11.8 Å². The third-order valence-corrected chi connectivity index (χ3v) is 5.54. The van der Waals surface area contributed by atoms with Gasteiger partial charge in [0.1, 0.15) is 0 Å². The summed E-state index contributed by atoms with van der Waals surface area (Å²) in [5.41, 5.74) is 0. The molecule has 2 aliphatic carbocycles. The molecule has 2 aliphatic rings. The lowest BCUT2D eigenvalue weighted by Gasteiger charge is -2.30. The second-order valence-corrected chi connectivity index (χ2v) is 8.48. The summed E-state index contributed by atoms with van der Waals surface area (Å²) in [5.74, 6) is 2.20. The van der Waals surface area contributed by atoms with Crippen LogP contribution in [0.25, 0.3) is 0 Å². The Morgan fingerprint density at radius 2 is 2.00 bits per heavy atom. The molecule has 2 N–H and O–H groups in total. The lowest BCUT2D eigenvalue weighted by atomic mass is 9.85. The number of fused-ring (bicyclic) bond motifs is 2. The molecule has 0 aliphatic heterocycles. The fourth-order valence-corrected chi connectivity index (χ4v) is 4.06. The smallest absolute Gasteiger partial charge is 0.230 e. The number of thioether (sulfide) groups is 1. The number of aliphatic hydroxyl groups excluding tert-OH is 1. The SMILES string of the molecule is CC(C)(C)SCC(=O)NC1C2CCC(C2)C1CO. The Labute approximate surface area is 114 Å². The summed E-state index contributed by atoms with van der Waals surface area (Å²) < 4.78 is 0.127. The lowest BCUT2D eigenvalue weighted by Crippen LogP contribution is -2.46. The molecule has 1 amide bonds. The van der Waals surface area contributed by atoms with Crippen LogP contribution in [0.5, 0.6) is 0 Å². The lowest BCUT2D eigenvalue weighted by molar-refractivity contribution is -0.120. The largest absolute Gasteiger partial charge is 0.396 e. The predicted octanol–water partition coefficient (Wildman–Crippen LogP) is 2.04. The highest BCUT2D eigenvalue weighted by atomic mass is 32.2. The molecular weight excluding hydrogens is 246 g/mol. The molecule has 4 unspecified atom stereocenters. The monoisotopic (exact) mass is 271 g/mol. The number of nitrogens with one attached hydrogen (secondary N) is 1. The molecule has 0 aromatic heterocycles. The van der Waals surface area contributed by atoms with E-state index in [2.05, 4.69) is 26.1 Å². The minimum Gasteiger partial charge on any atom is -0.396 e. The van der Waals surface area contributed by atoms with Gasteiger partial charge in [-0.25, -0.2) is 0 Å². The van der Waals surface area contributed by atoms with Crippen molar-refractivity contribution in [3.05, 3.63) is 0 Å². The normalized spacial score (nSPS) is 34.9. The summed E-state index contributed by atoms with van der Waals surface area (Å²) >= 11 is 1.68. The molecule has 2 fully saturated rings. The van der Waals surface area contributed by atoms with Crippen LogP contribution in [0.1, 0.15) is 40.0 Å². The number of carbonyl (C=O) groups excluding carboxylic acids is 1. The second kappa shape index (κ2) is 5.41. The van der Waals surface area contributed by atoms with Gasteiger partial charge in [0.2, 0.25) is 5.91 Å². The van der Waals surface area contributed by atoms with Crippen LogP contribution in [0.2, 0.25) is 0 Å². The zero-order chi connectivity index (χ0) is 13.3. The quantitative estimate of drug-likeness (QED) is 0.822. The average Bonchev–Trinajstić information content (AvgIpc) is 2.85. The van der Waals surface area contributed by atoms with Gasteiger partial charge in [-0.2, -0.15) is 0 Å². The van der Waals surface area contributed by atoms with Crippen LogP contribution in [-0.2, 0) is 4.79 Å². The minimum atomic E-state index is 0.127. The molecule has 0 aromatic carbocycles. The molecular formula is C14H25NO2S. The van der Waals surface area contributed by atoms with E-state index >= 15 is 0 Å². The van der Waals surface area contributed by atoms with Crippen molar-refractivity contribution < 1.29 is 9.90 Å². The summed E-state index contributed by atoms with van der Waals surface area (Å²) in [7, 11) is 0. The van der Waals surface area contributed by atoms with Gasteiger partial charge in [0, 0.05) is 23.3 Å². The number of carbonyl (C=O) groups is 1. The Morgan fingerprint density at radius 3 is 2.61 bits per heavy atom. The molecule has 18 heavy (non-hydrogen) atoms. The molecule has 2 bridgehead atoms. The van der Waals surface area contributed by atoms with Crippen molar-refractivity contribution in [3.8, 4) is 0 Å². The summed E-state index contributed by atoms with van der Waals surface area (Å²) in [6.45, 7) is 6.59. The fraction of sp³-hybridized carbons (Fsp3) is 0.929. The first-order chi connectivity index (χ1) is 8.40. The van der Waals surface area contributed by atoms with Crippen molar-refractivity contribution in [2.45, 2.75) is 50.8 Å². The van der Waals surface area contributed by atoms with E-state index in [9.17, 15) is 9.90 Å². The van der Waals surface area contributed by atoms with Gasteiger partial charge in [-0.3, -0.25) is 4.79 Å². The van der Waals surface area contributed by atoms with Crippen LogP contribution in [0.15, 0.2) is 0 Å². The number of hydrogen-bond acceptors (Lipinski definition) is 3. The summed E-state index contributed by atoms with van der Waals surface area (Å²) in [4.78, 5) is 12.0. The predicted molar refractivity (Wildman–Crippen MR) is 75.5 cm³/mol. The van der Waals surface area contributed by atoms with Gasteiger partial charge in [-0.05, 0) is 31.1 Å². The molecule has 0 radical (unpaired) electrons. The minimum absolute atomic E-state index is 0.127. The molecule has 3 nitrogen and oxygen atoms in total. The van der Waals surface area contributed by atoms with Crippen molar-refractivity contribution in [1.82, 2.24) is 5.32 Å². The van der Waals surface area contributed by atoms with Crippen LogP contribution >= 0.6 is 11.8 Å². The Balaban J connectivity index is 1.83. The van der Waals surface area contributed by atoms with Crippen molar-refractivity contribution in [1.29, 1.82) is 0 Å². The number of hydrogen-bond donors (Lipinski definition) is 2. The Bertz CT molecular complexity index is 313. The van der Waals surface area contributed by atoms with Crippen LogP contribution in [0.4, 0.5) is 0 Å². The van der Waals surface area contributed by atoms with E-state index in [4.69, 9.17) is 0 Å². The summed E-state index contributed by atoms with van der Waals surface area (Å²) in [6, 6.07) is 0.224. The zero-order valence-electron chi connectivity index (χ0n) is 11.6. The topological polar surface area (TPSA) is 49.3 Å². The maximum absolute atomic E-state index is 12.0. The highest BCUT2D eigenvalue weighted by Gasteiger charge is 2.47. The first kappa shape index (κ1) is 14.2. The van der Waals surface area contributed by atoms with E-state index in [0.29, 0.717) is 23.5 Å². The van der Waals surface area contributed by atoms with E-state index in [0.717, 1.165) is 0 Å². The van der Waals surface area contributed by atoms with Gasteiger partial charge in [0.05, 0.1) is 5.75 Å². The molecule has 2 saturated carbocycles. The maximum Gasteiger partial charge on any atom is 0.230 e. The van der Waals surface area contributed by atoms with Crippen molar-refractivity contribution in [3.63, 3.8) is 0 Å². The van der Waals surface area contributed by atoms with Crippen molar-refractivity contribution in [2.75, 3.05) is 12.4 Å². The van der Waals surface area contributed by atoms with Crippen molar-refractivity contribution >= 4 is 17.7 Å². The van der Waals surface area contributed by atoms with Gasteiger partial charge in [0.15, 0.2) is 0 Å².